The summed E-state index contributed by atoms with van der Waals surface area (Å²) in [5, 5.41) is 9.40. The van der Waals surface area contributed by atoms with Crippen molar-refractivity contribution in [3.63, 3.8) is 0 Å². The third-order valence-electron chi connectivity index (χ3n) is 3.66. The average Bonchev–Trinajstić information content (AvgIpc) is 2.46. The lowest BCUT2D eigenvalue weighted by atomic mass is 10.1. The Labute approximate surface area is 140 Å². The molecule has 0 saturated carbocycles. The minimum Gasteiger partial charge on any atom is -0.480 e. The topological polar surface area (TPSA) is 70.1 Å². The van der Waals surface area contributed by atoms with E-state index in [1.807, 2.05) is 12.1 Å². The SMILES string of the molecule is CN(CC(=O)O)C[C@@H]1CN(C(=O)Cc2cccc(Cl)c2)CCO1. The summed E-state index contributed by atoms with van der Waals surface area (Å²) in [6, 6.07) is 7.27. The van der Waals surface area contributed by atoms with E-state index in [1.54, 1.807) is 29.0 Å². The third-order valence-corrected chi connectivity index (χ3v) is 3.89. The molecule has 1 fully saturated rings. The number of carbonyl (C=O) groups excluding carboxylic acids is 1. The van der Waals surface area contributed by atoms with Gasteiger partial charge >= 0.3 is 5.97 Å². The van der Waals surface area contributed by atoms with Gasteiger partial charge in [0.2, 0.25) is 5.91 Å². The predicted molar refractivity (Wildman–Crippen MR) is 86.6 cm³/mol. The lowest BCUT2D eigenvalue weighted by molar-refractivity contribution is -0.142. The summed E-state index contributed by atoms with van der Waals surface area (Å²) < 4.78 is 5.63. The average molecular weight is 341 g/mol. The maximum Gasteiger partial charge on any atom is 0.317 e. The highest BCUT2D eigenvalue weighted by Gasteiger charge is 2.25. The highest BCUT2D eigenvalue weighted by Crippen LogP contribution is 2.13. The van der Waals surface area contributed by atoms with Crippen LogP contribution in [0.1, 0.15) is 5.56 Å². The first kappa shape index (κ1) is 17.7. The molecule has 6 nitrogen and oxygen atoms in total. The van der Waals surface area contributed by atoms with Gasteiger partial charge in [-0.05, 0) is 24.7 Å². The Morgan fingerprint density at radius 2 is 2.26 bits per heavy atom. The van der Waals surface area contributed by atoms with Crippen molar-refractivity contribution in [1.82, 2.24) is 9.80 Å². The maximum atomic E-state index is 12.4. The van der Waals surface area contributed by atoms with Crippen LogP contribution in [0.2, 0.25) is 5.02 Å². The molecule has 0 aliphatic carbocycles. The van der Waals surface area contributed by atoms with Crippen molar-refractivity contribution in [1.29, 1.82) is 0 Å². The van der Waals surface area contributed by atoms with Crippen molar-refractivity contribution >= 4 is 23.5 Å². The summed E-state index contributed by atoms with van der Waals surface area (Å²) in [6.07, 6.45) is 0.134. The first-order chi connectivity index (χ1) is 10.9. The molecule has 1 atom stereocenters. The van der Waals surface area contributed by atoms with Gasteiger partial charge in [0.15, 0.2) is 0 Å². The number of aliphatic carboxylic acids is 1. The van der Waals surface area contributed by atoms with Crippen molar-refractivity contribution in [2.45, 2.75) is 12.5 Å². The Kier molecular flexibility index (Phi) is 6.38. The Morgan fingerprint density at radius 1 is 1.48 bits per heavy atom. The molecule has 1 heterocycles. The minimum absolute atomic E-state index is 0.0291. The molecular formula is C16H21ClN2O4. The summed E-state index contributed by atoms with van der Waals surface area (Å²) >= 11 is 5.94. The van der Waals surface area contributed by atoms with Gasteiger partial charge in [-0.15, -0.1) is 0 Å². The predicted octanol–water partition coefficient (Wildman–Crippen LogP) is 1.13. The summed E-state index contributed by atoms with van der Waals surface area (Å²) in [6.45, 7) is 1.93. The molecule has 126 valence electrons. The number of carbonyl (C=O) groups is 2. The zero-order valence-corrected chi connectivity index (χ0v) is 13.8. The van der Waals surface area contributed by atoms with Crippen LogP contribution in [-0.2, 0) is 20.7 Å². The van der Waals surface area contributed by atoms with Crippen LogP contribution >= 0.6 is 11.6 Å². The zero-order valence-electron chi connectivity index (χ0n) is 13.1. The second-order valence-electron chi connectivity index (χ2n) is 5.73. The Balaban J connectivity index is 1.87. The van der Waals surface area contributed by atoms with Crippen LogP contribution in [0.5, 0.6) is 0 Å². The maximum absolute atomic E-state index is 12.4. The second-order valence-corrected chi connectivity index (χ2v) is 6.17. The first-order valence-corrected chi connectivity index (χ1v) is 7.86. The lowest BCUT2D eigenvalue weighted by Gasteiger charge is -2.34. The summed E-state index contributed by atoms with van der Waals surface area (Å²) in [5.41, 5.74) is 0.883. The monoisotopic (exact) mass is 340 g/mol. The van der Waals surface area contributed by atoms with Gasteiger partial charge in [-0.1, -0.05) is 23.7 Å². The number of hydrogen-bond donors (Lipinski definition) is 1. The van der Waals surface area contributed by atoms with Crippen molar-refractivity contribution < 1.29 is 19.4 Å². The molecule has 7 heteroatoms. The number of halogens is 1. The molecule has 1 aliphatic rings. The first-order valence-electron chi connectivity index (χ1n) is 7.48. The van der Waals surface area contributed by atoms with Gasteiger partial charge < -0.3 is 14.7 Å². The Bertz CT molecular complexity index is 567. The fourth-order valence-corrected chi connectivity index (χ4v) is 2.85. The van der Waals surface area contributed by atoms with Crippen molar-refractivity contribution in [3.8, 4) is 0 Å². The molecule has 1 aromatic rings. The van der Waals surface area contributed by atoms with E-state index in [0.717, 1.165) is 5.56 Å². The van der Waals surface area contributed by atoms with Crippen LogP contribution in [0.15, 0.2) is 24.3 Å². The quantitative estimate of drug-likeness (QED) is 0.840. The summed E-state index contributed by atoms with van der Waals surface area (Å²) in [5.74, 6) is -0.848. The van der Waals surface area contributed by atoms with E-state index in [1.165, 1.54) is 0 Å². The van der Waals surface area contributed by atoms with Gasteiger partial charge in [-0.25, -0.2) is 0 Å². The van der Waals surface area contributed by atoms with Gasteiger partial charge in [0, 0.05) is 24.7 Å². The summed E-state index contributed by atoms with van der Waals surface area (Å²) in [7, 11) is 1.73. The van der Waals surface area contributed by atoms with Crippen LogP contribution in [0.4, 0.5) is 0 Å². The lowest BCUT2D eigenvalue weighted by Crippen LogP contribution is -2.50. The number of amides is 1. The van der Waals surface area contributed by atoms with E-state index in [9.17, 15) is 9.59 Å². The molecule has 0 aromatic heterocycles. The number of ether oxygens (including phenoxy) is 1. The van der Waals surface area contributed by atoms with E-state index >= 15 is 0 Å². The zero-order chi connectivity index (χ0) is 16.8. The fraction of sp³-hybridized carbons (Fsp3) is 0.500. The van der Waals surface area contributed by atoms with Crippen LogP contribution in [0.25, 0.3) is 0 Å². The van der Waals surface area contributed by atoms with E-state index in [-0.39, 0.29) is 18.6 Å². The molecule has 2 rings (SSSR count). The van der Waals surface area contributed by atoms with Gasteiger partial charge in [-0.3, -0.25) is 14.5 Å². The molecule has 23 heavy (non-hydrogen) atoms. The molecule has 0 bridgehead atoms. The van der Waals surface area contributed by atoms with Crippen LogP contribution in [0.3, 0.4) is 0 Å². The van der Waals surface area contributed by atoms with E-state index in [4.69, 9.17) is 21.4 Å². The molecule has 1 N–H and O–H groups in total. The molecular weight excluding hydrogens is 320 g/mol. The number of hydrogen-bond acceptors (Lipinski definition) is 4. The minimum atomic E-state index is -0.878. The van der Waals surface area contributed by atoms with Crippen LogP contribution in [-0.4, -0.2) is 72.7 Å². The Hall–Kier alpha value is -1.63. The third kappa shape index (κ3) is 5.82. The van der Waals surface area contributed by atoms with Crippen LogP contribution in [0, 0.1) is 0 Å². The molecule has 1 aliphatic heterocycles. The van der Waals surface area contributed by atoms with Gasteiger partial charge in [0.1, 0.15) is 0 Å². The van der Waals surface area contributed by atoms with E-state index in [0.29, 0.717) is 37.7 Å². The standard InChI is InChI=1S/C16H21ClN2O4/c1-18(11-16(21)22)9-14-10-19(5-6-23-14)15(20)8-12-3-2-4-13(17)7-12/h2-4,7,14H,5-6,8-11H2,1H3,(H,21,22)/t14-/m1/s1. The van der Waals surface area contributed by atoms with Crippen LogP contribution < -0.4 is 0 Å². The molecule has 0 unspecified atom stereocenters. The van der Waals surface area contributed by atoms with Gasteiger partial charge in [0.25, 0.3) is 0 Å². The molecule has 0 radical (unpaired) electrons. The number of nitrogens with zero attached hydrogens (tertiary/aromatic N) is 2. The van der Waals surface area contributed by atoms with Gasteiger partial charge in [0.05, 0.1) is 25.7 Å². The van der Waals surface area contributed by atoms with Crippen molar-refractivity contribution in [2.24, 2.45) is 0 Å². The van der Waals surface area contributed by atoms with E-state index in [2.05, 4.69) is 0 Å². The summed E-state index contributed by atoms with van der Waals surface area (Å²) in [4.78, 5) is 26.6. The number of carboxylic acids is 1. The molecule has 0 spiro atoms. The largest absolute Gasteiger partial charge is 0.480 e. The molecule has 1 saturated heterocycles. The number of benzene rings is 1. The number of carboxylic acid groups (broad SMARTS) is 1. The number of morpholine rings is 1. The normalized spacial score (nSPS) is 18.2. The Morgan fingerprint density at radius 3 is 2.96 bits per heavy atom. The highest BCUT2D eigenvalue weighted by atomic mass is 35.5. The number of rotatable bonds is 6. The van der Waals surface area contributed by atoms with Gasteiger partial charge in [-0.2, -0.15) is 0 Å². The molecule has 1 amide bonds. The molecule has 1 aromatic carbocycles. The number of likely N-dealkylation sites (N-methyl/N-ethyl adjacent to an activating group) is 1. The fourth-order valence-electron chi connectivity index (χ4n) is 2.63. The smallest absolute Gasteiger partial charge is 0.317 e. The van der Waals surface area contributed by atoms with Crippen molar-refractivity contribution in [2.75, 3.05) is 39.8 Å². The highest BCUT2D eigenvalue weighted by molar-refractivity contribution is 6.30. The van der Waals surface area contributed by atoms with Crippen molar-refractivity contribution in [3.05, 3.63) is 34.9 Å². The second kappa shape index (κ2) is 8.29. The van der Waals surface area contributed by atoms with E-state index < -0.39 is 5.97 Å².